The minimum Gasteiger partial charge on any atom is -0.310 e. The first-order valence-electron chi connectivity index (χ1n) is 7.21. The molecule has 2 unspecified atom stereocenters. The molecule has 0 bridgehead atoms. The van der Waals surface area contributed by atoms with Gasteiger partial charge in [0.25, 0.3) is 0 Å². The Balaban J connectivity index is 1.74. The second-order valence-corrected chi connectivity index (χ2v) is 5.68. The predicted molar refractivity (Wildman–Crippen MR) is 75.5 cm³/mol. The average Bonchev–Trinajstić information content (AvgIpc) is 2.88. The van der Waals surface area contributed by atoms with Crippen LogP contribution in [0.3, 0.4) is 0 Å². The molecule has 106 valence electrons. The third-order valence-corrected chi connectivity index (χ3v) is 3.77. The van der Waals surface area contributed by atoms with Crippen molar-refractivity contribution in [1.82, 2.24) is 15.2 Å². The van der Waals surface area contributed by atoms with Crippen LogP contribution in [0.1, 0.15) is 38.3 Å². The minimum atomic E-state index is -0.267. The minimum absolute atomic E-state index is 0.143. The van der Waals surface area contributed by atoms with Gasteiger partial charge in [-0.15, -0.1) is 0 Å². The Hall–Kier alpha value is -1.00. The van der Waals surface area contributed by atoms with Gasteiger partial charge in [0, 0.05) is 18.8 Å². The standard InChI is InChI=1S/C15H24FN3/c1-12(11-19-5-3-4-6-19)8-18-13(2)14-7-15(16)10-17-9-14/h7,9-10,12-13,18H,3-6,8,11H2,1-2H3. The number of likely N-dealkylation sites (tertiary alicyclic amines) is 1. The summed E-state index contributed by atoms with van der Waals surface area (Å²) in [5.41, 5.74) is 0.911. The second kappa shape index (κ2) is 6.96. The van der Waals surface area contributed by atoms with Crippen LogP contribution in [-0.4, -0.2) is 36.1 Å². The van der Waals surface area contributed by atoms with Crippen LogP contribution in [0.5, 0.6) is 0 Å². The molecule has 1 saturated heterocycles. The normalized spacial score (nSPS) is 19.5. The van der Waals surface area contributed by atoms with Gasteiger partial charge in [-0.3, -0.25) is 4.98 Å². The molecule has 0 radical (unpaired) electrons. The summed E-state index contributed by atoms with van der Waals surface area (Å²) >= 11 is 0. The quantitative estimate of drug-likeness (QED) is 0.857. The Morgan fingerprint density at radius 2 is 2.05 bits per heavy atom. The lowest BCUT2D eigenvalue weighted by Crippen LogP contribution is -2.32. The summed E-state index contributed by atoms with van der Waals surface area (Å²) in [6, 6.07) is 1.69. The van der Waals surface area contributed by atoms with Gasteiger partial charge in [0.2, 0.25) is 0 Å². The number of hydrogen-bond donors (Lipinski definition) is 1. The zero-order chi connectivity index (χ0) is 13.7. The molecule has 1 aliphatic rings. The van der Waals surface area contributed by atoms with Crippen LogP contribution >= 0.6 is 0 Å². The molecule has 2 heterocycles. The number of halogens is 1. The summed E-state index contributed by atoms with van der Waals surface area (Å²) in [4.78, 5) is 6.42. The highest BCUT2D eigenvalue weighted by Crippen LogP contribution is 2.13. The fraction of sp³-hybridized carbons (Fsp3) is 0.667. The van der Waals surface area contributed by atoms with Crippen molar-refractivity contribution in [2.75, 3.05) is 26.2 Å². The molecule has 4 heteroatoms. The van der Waals surface area contributed by atoms with Gasteiger partial charge in [-0.25, -0.2) is 4.39 Å². The van der Waals surface area contributed by atoms with Crippen molar-refractivity contribution in [2.45, 2.75) is 32.7 Å². The fourth-order valence-corrected chi connectivity index (χ4v) is 2.63. The molecule has 0 aromatic carbocycles. The van der Waals surface area contributed by atoms with Gasteiger partial charge in [0.15, 0.2) is 0 Å². The molecule has 3 nitrogen and oxygen atoms in total. The Morgan fingerprint density at radius 3 is 2.74 bits per heavy atom. The third-order valence-electron chi connectivity index (χ3n) is 3.77. The lowest BCUT2D eigenvalue weighted by Gasteiger charge is -2.22. The van der Waals surface area contributed by atoms with Crippen molar-refractivity contribution in [3.8, 4) is 0 Å². The largest absolute Gasteiger partial charge is 0.310 e. The van der Waals surface area contributed by atoms with Crippen LogP contribution in [0.4, 0.5) is 4.39 Å². The number of rotatable bonds is 6. The molecular weight excluding hydrogens is 241 g/mol. The van der Waals surface area contributed by atoms with E-state index < -0.39 is 0 Å². The Morgan fingerprint density at radius 1 is 1.32 bits per heavy atom. The molecule has 1 fully saturated rings. The Kier molecular flexibility index (Phi) is 5.28. The molecule has 19 heavy (non-hydrogen) atoms. The highest BCUT2D eigenvalue weighted by atomic mass is 19.1. The maximum atomic E-state index is 13.1. The number of hydrogen-bond acceptors (Lipinski definition) is 3. The van der Waals surface area contributed by atoms with E-state index >= 15 is 0 Å². The number of nitrogens with zero attached hydrogens (tertiary/aromatic N) is 2. The SMILES string of the molecule is CC(CNC(C)c1cncc(F)c1)CN1CCCC1. The summed E-state index contributed by atoms with van der Waals surface area (Å²) in [7, 11) is 0. The molecule has 2 rings (SSSR count). The third kappa shape index (κ3) is 4.55. The van der Waals surface area contributed by atoms with E-state index in [1.54, 1.807) is 12.3 Å². The molecule has 0 amide bonds. The first-order chi connectivity index (χ1) is 9.15. The lowest BCUT2D eigenvalue weighted by molar-refractivity contribution is 0.279. The molecule has 1 aliphatic heterocycles. The first-order valence-corrected chi connectivity index (χ1v) is 7.21. The van der Waals surface area contributed by atoms with Crippen LogP contribution in [0.25, 0.3) is 0 Å². The van der Waals surface area contributed by atoms with Gasteiger partial charge in [0.1, 0.15) is 5.82 Å². The van der Waals surface area contributed by atoms with Crippen LogP contribution in [0.2, 0.25) is 0 Å². The summed E-state index contributed by atoms with van der Waals surface area (Å²) in [5.74, 6) is 0.346. The van der Waals surface area contributed by atoms with E-state index in [-0.39, 0.29) is 11.9 Å². The topological polar surface area (TPSA) is 28.2 Å². The molecule has 2 atom stereocenters. The molecule has 0 spiro atoms. The molecule has 0 saturated carbocycles. The zero-order valence-electron chi connectivity index (χ0n) is 11.9. The summed E-state index contributed by atoms with van der Waals surface area (Å²) in [6.45, 7) is 8.91. The van der Waals surface area contributed by atoms with Crippen molar-refractivity contribution < 1.29 is 4.39 Å². The van der Waals surface area contributed by atoms with Gasteiger partial charge in [-0.1, -0.05) is 6.92 Å². The van der Waals surface area contributed by atoms with Gasteiger partial charge >= 0.3 is 0 Å². The number of nitrogens with one attached hydrogen (secondary N) is 1. The van der Waals surface area contributed by atoms with Gasteiger partial charge < -0.3 is 10.2 Å². The maximum Gasteiger partial charge on any atom is 0.141 e. The highest BCUT2D eigenvalue weighted by molar-refractivity contribution is 5.14. The Bertz CT molecular complexity index is 391. The van der Waals surface area contributed by atoms with Crippen LogP contribution < -0.4 is 5.32 Å². The van der Waals surface area contributed by atoms with E-state index in [9.17, 15) is 4.39 Å². The monoisotopic (exact) mass is 265 g/mol. The number of aromatic nitrogens is 1. The van der Waals surface area contributed by atoms with Crippen molar-refractivity contribution in [1.29, 1.82) is 0 Å². The molecular formula is C15H24FN3. The van der Waals surface area contributed by atoms with Crippen LogP contribution in [0, 0.1) is 11.7 Å². The summed E-state index contributed by atoms with van der Waals surface area (Å²) < 4.78 is 13.1. The molecule has 1 aromatic heterocycles. The van der Waals surface area contributed by atoms with E-state index in [1.807, 2.05) is 0 Å². The first kappa shape index (κ1) is 14.4. The lowest BCUT2D eigenvalue weighted by atomic mass is 10.1. The van der Waals surface area contributed by atoms with E-state index in [2.05, 4.69) is 29.0 Å². The van der Waals surface area contributed by atoms with Gasteiger partial charge in [-0.2, -0.15) is 0 Å². The zero-order valence-corrected chi connectivity index (χ0v) is 11.9. The van der Waals surface area contributed by atoms with Gasteiger partial charge in [-0.05, 0) is 56.9 Å². The van der Waals surface area contributed by atoms with Crippen molar-refractivity contribution in [3.63, 3.8) is 0 Å². The molecule has 1 N–H and O–H groups in total. The second-order valence-electron chi connectivity index (χ2n) is 5.68. The molecule has 1 aromatic rings. The molecule has 0 aliphatic carbocycles. The van der Waals surface area contributed by atoms with Crippen molar-refractivity contribution in [2.24, 2.45) is 5.92 Å². The van der Waals surface area contributed by atoms with Crippen LogP contribution in [-0.2, 0) is 0 Å². The summed E-state index contributed by atoms with van der Waals surface area (Å²) in [5, 5.41) is 3.47. The predicted octanol–water partition coefficient (Wildman–Crippen LogP) is 2.60. The smallest absolute Gasteiger partial charge is 0.141 e. The van der Waals surface area contributed by atoms with E-state index in [1.165, 1.54) is 32.1 Å². The Labute approximate surface area is 115 Å². The van der Waals surface area contributed by atoms with Crippen LogP contribution in [0.15, 0.2) is 18.5 Å². The number of pyridine rings is 1. The summed E-state index contributed by atoms with van der Waals surface area (Å²) in [6.07, 6.45) is 5.65. The highest BCUT2D eigenvalue weighted by Gasteiger charge is 2.15. The van der Waals surface area contributed by atoms with E-state index in [0.717, 1.165) is 18.7 Å². The van der Waals surface area contributed by atoms with Gasteiger partial charge in [0.05, 0.1) is 6.20 Å². The average molecular weight is 265 g/mol. The fourth-order valence-electron chi connectivity index (χ4n) is 2.63. The van der Waals surface area contributed by atoms with E-state index in [4.69, 9.17) is 0 Å². The van der Waals surface area contributed by atoms with E-state index in [0.29, 0.717) is 5.92 Å². The van der Waals surface area contributed by atoms with Crippen molar-refractivity contribution in [3.05, 3.63) is 29.8 Å². The maximum absolute atomic E-state index is 13.1. The van der Waals surface area contributed by atoms with Crippen molar-refractivity contribution >= 4 is 0 Å².